The average molecular weight is 523 g/mol. The van der Waals surface area contributed by atoms with E-state index in [0.717, 1.165) is 49.2 Å². The predicted molar refractivity (Wildman–Crippen MR) is 146 cm³/mol. The van der Waals surface area contributed by atoms with Crippen LogP contribution in [0.3, 0.4) is 0 Å². The van der Waals surface area contributed by atoms with Crippen molar-refractivity contribution < 1.29 is 18.7 Å². The Morgan fingerprint density at radius 3 is 2.61 bits per heavy atom. The highest BCUT2D eigenvalue weighted by Gasteiger charge is 2.30. The molecule has 2 atom stereocenters. The number of carbonyl (C=O) groups excluding carboxylic acids is 1. The molecule has 0 unspecified atom stereocenters. The normalized spacial score (nSPS) is 19.0. The Morgan fingerprint density at radius 1 is 1.18 bits per heavy atom. The van der Waals surface area contributed by atoms with Crippen molar-refractivity contribution in [1.29, 1.82) is 5.26 Å². The smallest absolute Gasteiger partial charge is 0.407 e. The second-order valence-electron chi connectivity index (χ2n) is 10.6. The van der Waals surface area contributed by atoms with E-state index in [1.807, 2.05) is 37.4 Å². The van der Waals surface area contributed by atoms with Crippen LogP contribution < -0.4 is 20.9 Å². The fourth-order valence-corrected chi connectivity index (χ4v) is 4.78. The largest absolute Gasteiger partial charge is 0.496 e. The molecular weight excluding hydrogens is 487 g/mol. The third-order valence-electron chi connectivity index (χ3n) is 6.59. The summed E-state index contributed by atoms with van der Waals surface area (Å²) in [6.45, 7) is 6.16. The van der Waals surface area contributed by atoms with Gasteiger partial charge < -0.3 is 30.3 Å². The Morgan fingerprint density at radius 2 is 1.92 bits per heavy atom. The molecule has 0 saturated heterocycles. The van der Waals surface area contributed by atoms with E-state index < -0.39 is 17.5 Å². The molecule has 9 nitrogen and oxygen atoms in total. The minimum absolute atomic E-state index is 0.0181. The molecular formula is C28H35FN6O3. The first kappa shape index (κ1) is 27.0. The molecule has 202 valence electrons. The molecule has 2 aromatic rings. The third-order valence-corrected chi connectivity index (χ3v) is 6.59. The molecule has 1 fully saturated rings. The monoisotopic (exact) mass is 522 g/mol. The Balaban J connectivity index is 1.57. The summed E-state index contributed by atoms with van der Waals surface area (Å²) in [4.78, 5) is 18.9. The number of likely N-dealkylation sites (N-methyl/N-ethyl adjacent to an activating group) is 1. The van der Waals surface area contributed by atoms with Gasteiger partial charge in [0.1, 0.15) is 17.4 Å². The number of anilines is 4. The van der Waals surface area contributed by atoms with Crippen molar-refractivity contribution in [3.8, 4) is 6.07 Å². The number of hydrogen-bond acceptors (Lipinski definition) is 8. The number of amides is 1. The van der Waals surface area contributed by atoms with Gasteiger partial charge in [-0.05, 0) is 64.0 Å². The van der Waals surface area contributed by atoms with Gasteiger partial charge in [-0.1, -0.05) is 12.8 Å². The maximum atomic E-state index is 15.0. The number of hydrogen-bond donors (Lipinski definition) is 3. The van der Waals surface area contributed by atoms with Gasteiger partial charge in [-0.3, -0.25) is 0 Å². The molecule has 1 amide bonds. The lowest BCUT2D eigenvalue weighted by Gasteiger charge is -2.33. The van der Waals surface area contributed by atoms with Gasteiger partial charge in [0, 0.05) is 36.6 Å². The van der Waals surface area contributed by atoms with E-state index in [4.69, 9.17) is 9.47 Å². The summed E-state index contributed by atoms with van der Waals surface area (Å²) in [6.07, 6.45) is 4.84. The van der Waals surface area contributed by atoms with Gasteiger partial charge in [0.05, 0.1) is 18.7 Å². The number of aromatic nitrogens is 1. The van der Waals surface area contributed by atoms with Crippen LogP contribution in [-0.2, 0) is 9.47 Å². The van der Waals surface area contributed by atoms with Crippen LogP contribution in [0.1, 0.15) is 57.6 Å². The number of rotatable bonds is 6. The van der Waals surface area contributed by atoms with E-state index in [1.54, 1.807) is 27.9 Å². The molecule has 2 heterocycles. The highest BCUT2D eigenvalue weighted by molar-refractivity contribution is 5.80. The average Bonchev–Trinajstić information content (AvgIpc) is 2.86. The highest BCUT2D eigenvalue weighted by Crippen LogP contribution is 2.35. The molecule has 0 bridgehead atoms. The summed E-state index contributed by atoms with van der Waals surface area (Å²) in [5.74, 6) is 0.378. The molecule has 38 heavy (non-hydrogen) atoms. The van der Waals surface area contributed by atoms with Crippen LogP contribution in [-0.4, -0.2) is 49.5 Å². The van der Waals surface area contributed by atoms with Gasteiger partial charge in [-0.2, -0.15) is 5.26 Å². The van der Waals surface area contributed by atoms with Crippen LogP contribution in [0.4, 0.5) is 32.2 Å². The van der Waals surface area contributed by atoms with Crippen LogP contribution in [0.5, 0.6) is 0 Å². The Hall–Kier alpha value is -4.00. The Bertz CT molecular complexity index is 1270. The molecule has 1 aromatic carbocycles. The maximum Gasteiger partial charge on any atom is 0.407 e. The molecule has 2 aliphatic rings. The van der Waals surface area contributed by atoms with Gasteiger partial charge in [-0.25, -0.2) is 14.2 Å². The summed E-state index contributed by atoms with van der Waals surface area (Å²) in [5, 5.41) is 18.9. The second kappa shape index (κ2) is 11.2. The van der Waals surface area contributed by atoms with E-state index in [1.165, 1.54) is 6.07 Å². The quantitative estimate of drug-likeness (QED) is 0.455. The van der Waals surface area contributed by atoms with Crippen LogP contribution in [0.2, 0.25) is 0 Å². The second-order valence-corrected chi connectivity index (χ2v) is 10.6. The lowest BCUT2D eigenvalue weighted by molar-refractivity contribution is 0.0488. The van der Waals surface area contributed by atoms with Crippen molar-refractivity contribution in [2.75, 3.05) is 36.2 Å². The van der Waals surface area contributed by atoms with Crippen molar-refractivity contribution in [3.63, 3.8) is 0 Å². The van der Waals surface area contributed by atoms with Crippen molar-refractivity contribution in [3.05, 3.63) is 47.3 Å². The molecule has 4 rings (SSSR count). The first-order chi connectivity index (χ1) is 18.1. The Kier molecular flexibility index (Phi) is 7.95. The number of halogens is 1. The van der Waals surface area contributed by atoms with Crippen molar-refractivity contribution >= 4 is 34.9 Å². The van der Waals surface area contributed by atoms with E-state index in [-0.39, 0.29) is 29.3 Å². The van der Waals surface area contributed by atoms with Crippen LogP contribution >= 0.6 is 0 Å². The van der Waals surface area contributed by atoms with E-state index >= 15 is 4.39 Å². The summed E-state index contributed by atoms with van der Waals surface area (Å²) in [7, 11) is 3.63. The summed E-state index contributed by atoms with van der Waals surface area (Å²) < 4.78 is 26.0. The van der Waals surface area contributed by atoms with Crippen molar-refractivity contribution in [1.82, 2.24) is 10.3 Å². The van der Waals surface area contributed by atoms with Gasteiger partial charge in [0.15, 0.2) is 17.5 Å². The molecule has 1 aromatic heterocycles. The number of nitriles is 1. The number of nitrogens with zero attached hydrogens (tertiary/aromatic N) is 3. The molecule has 1 saturated carbocycles. The topological polar surface area (TPSA) is 112 Å². The number of carbonyl (C=O) groups is 1. The lowest BCUT2D eigenvalue weighted by Crippen LogP contribution is -2.50. The molecule has 3 N–H and O–H groups in total. The first-order valence-corrected chi connectivity index (χ1v) is 12.8. The number of fused-ring (bicyclic) bond motifs is 1. The number of ether oxygens (including phenoxy) is 2. The zero-order valence-corrected chi connectivity index (χ0v) is 22.5. The number of benzene rings is 1. The summed E-state index contributed by atoms with van der Waals surface area (Å²) in [5.41, 5.74) is 2.08. The minimum atomic E-state index is -0.634. The number of pyridine rings is 1. The van der Waals surface area contributed by atoms with Crippen molar-refractivity contribution in [2.45, 2.75) is 64.1 Å². The maximum absolute atomic E-state index is 15.0. The van der Waals surface area contributed by atoms with Gasteiger partial charge in [0.2, 0.25) is 0 Å². The minimum Gasteiger partial charge on any atom is -0.496 e. The molecule has 1 aliphatic heterocycles. The summed E-state index contributed by atoms with van der Waals surface area (Å²) >= 11 is 0. The molecule has 0 radical (unpaired) electrons. The van der Waals surface area contributed by atoms with Crippen LogP contribution in [0, 0.1) is 17.1 Å². The van der Waals surface area contributed by atoms with Gasteiger partial charge in [-0.15, -0.1) is 0 Å². The molecule has 10 heteroatoms. The fourth-order valence-electron chi connectivity index (χ4n) is 4.78. The third kappa shape index (κ3) is 6.28. The van der Waals surface area contributed by atoms with E-state index in [0.29, 0.717) is 5.69 Å². The van der Waals surface area contributed by atoms with E-state index in [9.17, 15) is 10.1 Å². The van der Waals surface area contributed by atoms with Gasteiger partial charge >= 0.3 is 6.09 Å². The Labute approximate surface area is 223 Å². The number of methoxy groups -OCH3 is 1. The highest BCUT2D eigenvalue weighted by atomic mass is 19.1. The molecule has 1 aliphatic carbocycles. The SMILES string of the molecule is COC1=CCN(C)c2ccc(Nc3nc(N[C@@H]4CCCC[C@@H]4NC(=O)OC(C)(C)C)c(F)cc3C#N)cc21. The zero-order valence-electron chi connectivity index (χ0n) is 22.5. The standard InChI is InChI=1S/C28H35FN6O3/c1-28(2,3)38-27(36)33-22-9-7-6-8-21(22)32-26-20(29)14-17(16-30)25(34-26)31-18-10-11-23-19(15-18)24(37-5)12-13-35(23)4/h10-12,14-15,21-22H,6-9,13H2,1-5H3,(H,33,36)(H2,31,32,34)/t21-,22+/m1/s1. The molecule has 0 spiro atoms. The van der Waals surface area contributed by atoms with Crippen LogP contribution in [0.25, 0.3) is 5.76 Å². The lowest BCUT2D eigenvalue weighted by atomic mass is 9.90. The first-order valence-electron chi connectivity index (χ1n) is 12.8. The van der Waals surface area contributed by atoms with E-state index in [2.05, 4.69) is 25.8 Å². The fraction of sp³-hybridized carbons (Fsp3) is 0.464. The number of nitrogens with one attached hydrogen (secondary N) is 3. The van der Waals surface area contributed by atoms with Crippen molar-refractivity contribution in [2.24, 2.45) is 0 Å². The number of alkyl carbamates (subject to hydrolysis) is 1. The van der Waals surface area contributed by atoms with Gasteiger partial charge in [0.25, 0.3) is 0 Å². The zero-order chi connectivity index (χ0) is 27.4. The summed E-state index contributed by atoms with van der Waals surface area (Å²) in [6, 6.07) is 8.47. The van der Waals surface area contributed by atoms with Crippen LogP contribution in [0.15, 0.2) is 30.3 Å². The predicted octanol–water partition coefficient (Wildman–Crippen LogP) is 5.52.